The van der Waals surface area contributed by atoms with Crippen LogP contribution in [0.5, 0.6) is 0 Å². The summed E-state index contributed by atoms with van der Waals surface area (Å²) in [5.41, 5.74) is 4.55. The number of rotatable bonds is 6. The first-order valence-electron chi connectivity index (χ1n) is 10.8. The number of nitrogens with one attached hydrogen (secondary N) is 2. The number of hydrogen-bond donors (Lipinski definition) is 2. The lowest BCUT2D eigenvalue weighted by Gasteiger charge is -2.33. The smallest absolute Gasteiger partial charge is 0.336 e. The molecule has 4 aromatic rings. The summed E-state index contributed by atoms with van der Waals surface area (Å²) in [6, 6.07) is 17.0. The molecular weight excluding hydrogens is 414 g/mol. The fraction of sp³-hybridized carbons (Fsp3) is 0.222. The number of para-hydroxylation sites is 1. The van der Waals surface area contributed by atoms with Gasteiger partial charge in [0.25, 0.3) is 5.91 Å². The second-order valence-electron chi connectivity index (χ2n) is 8.35. The van der Waals surface area contributed by atoms with Gasteiger partial charge >= 0.3 is 5.97 Å². The first kappa shape index (κ1) is 22.3. The Labute approximate surface area is 193 Å². The minimum Gasteiger partial charge on any atom is -0.467 e. The molecule has 6 heteroatoms. The average Bonchev–Trinajstić information content (AvgIpc) is 3.26. The zero-order valence-electron chi connectivity index (χ0n) is 19.2. The van der Waals surface area contributed by atoms with E-state index in [-0.39, 0.29) is 12.1 Å². The number of hydrogen-bond acceptors (Lipinski definition) is 4. The predicted octanol–water partition coefficient (Wildman–Crippen LogP) is 4.53. The van der Waals surface area contributed by atoms with Gasteiger partial charge in [-0.25, -0.2) is 4.79 Å². The van der Waals surface area contributed by atoms with Crippen molar-refractivity contribution < 1.29 is 14.3 Å². The molecule has 2 aromatic carbocycles. The number of H-pyrrole nitrogens is 1. The van der Waals surface area contributed by atoms with Crippen LogP contribution in [0.15, 0.2) is 67.0 Å². The fourth-order valence-corrected chi connectivity index (χ4v) is 4.29. The highest BCUT2D eigenvalue weighted by Gasteiger charge is 2.45. The van der Waals surface area contributed by atoms with Crippen LogP contribution < -0.4 is 5.32 Å². The molecule has 2 N–H and O–H groups in total. The van der Waals surface area contributed by atoms with Crippen molar-refractivity contribution in [1.29, 1.82) is 0 Å². The molecule has 1 unspecified atom stereocenters. The molecule has 168 valence electrons. The van der Waals surface area contributed by atoms with Crippen LogP contribution in [0, 0.1) is 20.8 Å². The number of carbonyl (C=O) groups excluding carboxylic acids is 2. The number of aromatic nitrogens is 2. The molecule has 0 aliphatic rings. The molecule has 0 fully saturated rings. The maximum atomic E-state index is 13.5. The summed E-state index contributed by atoms with van der Waals surface area (Å²) in [6.45, 7) is 6.11. The topological polar surface area (TPSA) is 84.1 Å². The summed E-state index contributed by atoms with van der Waals surface area (Å²) in [5, 5.41) is 3.84. The Morgan fingerprint density at radius 3 is 2.45 bits per heavy atom. The highest BCUT2D eigenvalue weighted by Crippen LogP contribution is 2.35. The number of amides is 1. The number of esters is 1. The van der Waals surface area contributed by atoms with Crippen LogP contribution in [0.3, 0.4) is 0 Å². The maximum Gasteiger partial charge on any atom is 0.336 e. The molecule has 4 rings (SSSR count). The summed E-state index contributed by atoms with van der Waals surface area (Å²) in [6.07, 6.45) is 3.55. The minimum atomic E-state index is -1.46. The van der Waals surface area contributed by atoms with Gasteiger partial charge in [0.2, 0.25) is 0 Å². The monoisotopic (exact) mass is 441 g/mol. The third-order valence-corrected chi connectivity index (χ3v) is 6.22. The van der Waals surface area contributed by atoms with Crippen LogP contribution >= 0.6 is 0 Å². The zero-order chi connectivity index (χ0) is 23.6. The largest absolute Gasteiger partial charge is 0.467 e. The highest BCUT2D eigenvalue weighted by molar-refractivity contribution is 6.00. The number of aromatic amines is 1. The molecule has 2 heterocycles. The Morgan fingerprint density at radius 2 is 1.73 bits per heavy atom. The Bertz CT molecular complexity index is 1330. The minimum absolute atomic E-state index is 0.224. The first-order chi connectivity index (χ1) is 15.9. The molecule has 33 heavy (non-hydrogen) atoms. The van der Waals surface area contributed by atoms with Crippen LogP contribution in [-0.2, 0) is 21.5 Å². The Morgan fingerprint density at radius 1 is 1.00 bits per heavy atom. The Hall–Kier alpha value is -3.93. The van der Waals surface area contributed by atoms with E-state index in [1.807, 2.05) is 38.1 Å². The van der Waals surface area contributed by atoms with Crippen molar-refractivity contribution in [3.8, 4) is 0 Å². The number of fused-ring (bicyclic) bond motifs is 1. The standard InChI is InChI=1S/C27H27N3O3/c1-17-13-19(3)20(14-18(17)2)15-27(26(32)33-4,30-25(31)24-11-7-8-12-28-24)22-16-29-23-10-6-5-9-21(22)23/h5-14,16,29H,15H2,1-4H3,(H,30,31). The molecule has 0 saturated carbocycles. The number of pyridine rings is 1. The first-order valence-corrected chi connectivity index (χ1v) is 10.8. The molecule has 1 atom stereocenters. The quantitative estimate of drug-likeness (QED) is 0.431. The van der Waals surface area contributed by atoms with E-state index in [9.17, 15) is 9.59 Å². The van der Waals surface area contributed by atoms with E-state index in [2.05, 4.69) is 34.3 Å². The maximum absolute atomic E-state index is 13.5. The Kier molecular flexibility index (Phi) is 6.01. The van der Waals surface area contributed by atoms with Gasteiger partial charge in [0.15, 0.2) is 5.54 Å². The fourth-order valence-electron chi connectivity index (χ4n) is 4.29. The van der Waals surface area contributed by atoms with E-state index in [1.54, 1.807) is 30.6 Å². The molecule has 0 bridgehead atoms. The van der Waals surface area contributed by atoms with E-state index >= 15 is 0 Å². The van der Waals surface area contributed by atoms with E-state index < -0.39 is 17.4 Å². The van der Waals surface area contributed by atoms with Crippen LogP contribution in [0.25, 0.3) is 10.9 Å². The second-order valence-corrected chi connectivity index (χ2v) is 8.35. The molecule has 2 aromatic heterocycles. The number of aryl methyl sites for hydroxylation is 3. The van der Waals surface area contributed by atoms with Crippen molar-refractivity contribution >= 4 is 22.8 Å². The van der Waals surface area contributed by atoms with Gasteiger partial charge in [-0.1, -0.05) is 36.4 Å². The zero-order valence-corrected chi connectivity index (χ0v) is 19.2. The molecule has 1 amide bonds. The number of ether oxygens (including phenoxy) is 1. The van der Waals surface area contributed by atoms with Crippen LogP contribution in [0.4, 0.5) is 0 Å². The molecule has 0 spiro atoms. The van der Waals surface area contributed by atoms with E-state index in [0.29, 0.717) is 5.56 Å². The summed E-state index contributed by atoms with van der Waals surface area (Å²) in [7, 11) is 1.34. The van der Waals surface area contributed by atoms with E-state index in [4.69, 9.17) is 4.74 Å². The van der Waals surface area contributed by atoms with Crippen molar-refractivity contribution in [2.75, 3.05) is 7.11 Å². The number of nitrogens with zero attached hydrogens (tertiary/aromatic N) is 1. The molecule has 0 saturated heterocycles. The summed E-state index contributed by atoms with van der Waals surface area (Å²) in [5.74, 6) is -0.998. The normalized spacial score (nSPS) is 12.8. The molecule has 6 nitrogen and oxygen atoms in total. The van der Waals surface area contributed by atoms with Crippen molar-refractivity contribution in [3.63, 3.8) is 0 Å². The number of benzene rings is 2. The van der Waals surface area contributed by atoms with Crippen LogP contribution in [0.1, 0.15) is 38.3 Å². The highest BCUT2D eigenvalue weighted by atomic mass is 16.5. The molecular formula is C27H27N3O3. The van der Waals surface area contributed by atoms with Crippen LogP contribution in [-0.4, -0.2) is 29.0 Å². The summed E-state index contributed by atoms with van der Waals surface area (Å²) < 4.78 is 5.30. The van der Waals surface area contributed by atoms with Gasteiger partial charge in [-0.05, 0) is 61.2 Å². The lowest BCUT2D eigenvalue weighted by molar-refractivity contribution is -0.148. The molecule has 0 radical (unpaired) electrons. The van der Waals surface area contributed by atoms with Gasteiger partial charge in [0, 0.05) is 35.3 Å². The predicted molar refractivity (Wildman–Crippen MR) is 128 cm³/mol. The lowest BCUT2D eigenvalue weighted by Crippen LogP contribution is -2.54. The van der Waals surface area contributed by atoms with Gasteiger partial charge in [-0.15, -0.1) is 0 Å². The van der Waals surface area contributed by atoms with Crippen molar-refractivity contribution in [3.05, 3.63) is 101 Å². The van der Waals surface area contributed by atoms with Gasteiger partial charge in [0.1, 0.15) is 5.69 Å². The SMILES string of the molecule is COC(=O)C(Cc1cc(C)c(C)cc1C)(NC(=O)c1ccccn1)c1c[nH]c2ccccc12. The second kappa shape index (κ2) is 8.90. The van der Waals surface area contributed by atoms with Crippen molar-refractivity contribution in [2.45, 2.75) is 32.7 Å². The lowest BCUT2D eigenvalue weighted by atomic mass is 9.81. The number of methoxy groups -OCH3 is 1. The molecule has 0 aliphatic heterocycles. The summed E-state index contributed by atoms with van der Waals surface area (Å²) >= 11 is 0. The van der Waals surface area contributed by atoms with Gasteiger partial charge in [-0.2, -0.15) is 0 Å². The van der Waals surface area contributed by atoms with Crippen molar-refractivity contribution in [1.82, 2.24) is 15.3 Å². The van der Waals surface area contributed by atoms with Gasteiger partial charge < -0.3 is 15.0 Å². The summed E-state index contributed by atoms with van der Waals surface area (Å²) in [4.78, 5) is 34.3. The van der Waals surface area contributed by atoms with Gasteiger partial charge in [-0.3, -0.25) is 9.78 Å². The Balaban J connectivity index is 1.93. The number of carbonyl (C=O) groups is 2. The molecule has 0 aliphatic carbocycles. The van der Waals surface area contributed by atoms with E-state index in [1.165, 1.54) is 12.7 Å². The van der Waals surface area contributed by atoms with Gasteiger partial charge in [0.05, 0.1) is 7.11 Å². The van der Waals surface area contributed by atoms with Crippen LogP contribution in [0.2, 0.25) is 0 Å². The average molecular weight is 442 g/mol. The third kappa shape index (κ3) is 4.12. The van der Waals surface area contributed by atoms with Crippen molar-refractivity contribution in [2.24, 2.45) is 0 Å². The van der Waals surface area contributed by atoms with E-state index in [0.717, 1.165) is 27.6 Å². The third-order valence-electron chi connectivity index (χ3n) is 6.22.